The summed E-state index contributed by atoms with van der Waals surface area (Å²) in [4.78, 5) is 36.0. The Morgan fingerprint density at radius 2 is 1.78 bits per heavy atom. The van der Waals surface area contributed by atoms with Crippen molar-refractivity contribution in [3.05, 3.63) is 40.4 Å². The van der Waals surface area contributed by atoms with Crippen LogP contribution in [0.3, 0.4) is 0 Å². The molecule has 1 aliphatic heterocycles. The largest absolute Gasteiger partial charge is 0.367 e. The predicted octanol–water partition coefficient (Wildman–Crippen LogP) is 0.915. The number of guanidine groups is 2. The molecule has 1 aromatic carbocycles. The maximum absolute atomic E-state index is 11.8. The molecule has 23 heavy (non-hydrogen) atoms. The Bertz CT molecular complexity index is 747. The standard InChI is InChI=1S/C12H9Cl2N5O4/c13-6-1-2-7(14)8(5-6)19-12(16)17-11(15)18-22-9(20)3-4-10(21)23-19/h1-5H,(H4,15,16,17,18)/b4-3-. The van der Waals surface area contributed by atoms with E-state index in [9.17, 15) is 9.59 Å². The lowest BCUT2D eigenvalue weighted by Crippen LogP contribution is -2.40. The van der Waals surface area contributed by atoms with Crippen molar-refractivity contribution in [3.8, 4) is 0 Å². The van der Waals surface area contributed by atoms with Crippen LogP contribution in [0.5, 0.6) is 0 Å². The van der Waals surface area contributed by atoms with Crippen molar-refractivity contribution in [2.24, 2.45) is 21.6 Å². The molecule has 120 valence electrons. The average molecular weight is 358 g/mol. The highest BCUT2D eigenvalue weighted by Crippen LogP contribution is 2.29. The molecule has 11 heteroatoms. The number of oxime groups is 1. The number of benzene rings is 1. The topological polar surface area (TPSA) is 133 Å². The van der Waals surface area contributed by atoms with E-state index < -0.39 is 23.9 Å². The molecule has 0 aromatic heterocycles. The lowest BCUT2D eigenvalue weighted by molar-refractivity contribution is -0.140. The van der Waals surface area contributed by atoms with E-state index in [-0.39, 0.29) is 10.7 Å². The fourth-order valence-corrected chi connectivity index (χ4v) is 1.78. The fourth-order valence-electron chi connectivity index (χ4n) is 1.42. The van der Waals surface area contributed by atoms with Gasteiger partial charge < -0.3 is 21.1 Å². The number of carbonyl (C=O) groups excluding carboxylic acids is 2. The first-order valence-corrected chi connectivity index (χ1v) is 6.66. The van der Waals surface area contributed by atoms with Gasteiger partial charge in [-0.05, 0) is 23.4 Å². The molecule has 0 saturated heterocycles. The molecular formula is C12H9Cl2N5O4. The van der Waals surface area contributed by atoms with Gasteiger partial charge in [0.25, 0.3) is 5.96 Å². The molecule has 0 spiro atoms. The second kappa shape index (κ2) is 6.99. The summed E-state index contributed by atoms with van der Waals surface area (Å²) in [5.74, 6) is -2.77. The van der Waals surface area contributed by atoms with Gasteiger partial charge in [0, 0.05) is 17.2 Å². The number of nitrogens with two attached hydrogens (primary N) is 2. The third-order valence-electron chi connectivity index (χ3n) is 2.33. The Kier molecular flexibility index (Phi) is 5.04. The predicted molar refractivity (Wildman–Crippen MR) is 83.5 cm³/mol. The van der Waals surface area contributed by atoms with Gasteiger partial charge in [-0.2, -0.15) is 4.99 Å². The Hall–Kier alpha value is -2.78. The van der Waals surface area contributed by atoms with E-state index in [2.05, 4.69) is 15.0 Å². The molecule has 0 aliphatic carbocycles. The van der Waals surface area contributed by atoms with Crippen molar-refractivity contribution in [2.75, 3.05) is 5.06 Å². The number of carbonyl (C=O) groups is 2. The Labute approximate surface area is 139 Å². The van der Waals surface area contributed by atoms with Crippen LogP contribution in [0.25, 0.3) is 0 Å². The van der Waals surface area contributed by atoms with Crippen LogP contribution in [-0.2, 0) is 19.3 Å². The molecular weight excluding hydrogens is 349 g/mol. The zero-order valence-corrected chi connectivity index (χ0v) is 12.8. The van der Waals surface area contributed by atoms with Crippen LogP contribution in [0.4, 0.5) is 5.69 Å². The minimum Gasteiger partial charge on any atom is -0.367 e. The monoisotopic (exact) mass is 357 g/mol. The van der Waals surface area contributed by atoms with Crippen LogP contribution in [0.15, 0.2) is 40.5 Å². The second-order valence-corrected chi connectivity index (χ2v) is 4.81. The smallest absolute Gasteiger partial charge is 0.359 e. The third kappa shape index (κ3) is 4.34. The van der Waals surface area contributed by atoms with Crippen LogP contribution < -0.4 is 16.5 Å². The van der Waals surface area contributed by atoms with Crippen molar-refractivity contribution >= 4 is 52.7 Å². The number of nitrogens with zero attached hydrogens (tertiary/aromatic N) is 3. The van der Waals surface area contributed by atoms with Gasteiger partial charge in [0.1, 0.15) is 5.69 Å². The molecule has 4 N–H and O–H groups in total. The molecule has 0 saturated carbocycles. The quantitative estimate of drug-likeness (QED) is 0.713. The summed E-state index contributed by atoms with van der Waals surface area (Å²) in [6.45, 7) is 0. The molecule has 0 bridgehead atoms. The first kappa shape index (κ1) is 16.6. The summed E-state index contributed by atoms with van der Waals surface area (Å²) in [5, 5.41) is 4.49. The number of rotatable bonds is 1. The van der Waals surface area contributed by atoms with Gasteiger partial charge >= 0.3 is 11.9 Å². The molecule has 0 fully saturated rings. The van der Waals surface area contributed by atoms with Crippen molar-refractivity contribution in [1.82, 2.24) is 0 Å². The van der Waals surface area contributed by atoms with Gasteiger partial charge in [-0.25, -0.2) is 9.59 Å². The van der Waals surface area contributed by atoms with Crippen LogP contribution in [0, 0.1) is 0 Å². The maximum atomic E-state index is 11.8. The minimum atomic E-state index is -0.951. The van der Waals surface area contributed by atoms with Crippen molar-refractivity contribution in [2.45, 2.75) is 0 Å². The van der Waals surface area contributed by atoms with Gasteiger partial charge in [0.15, 0.2) is 0 Å². The Morgan fingerprint density at radius 1 is 1.09 bits per heavy atom. The molecule has 0 unspecified atom stereocenters. The van der Waals surface area contributed by atoms with Crippen LogP contribution in [-0.4, -0.2) is 23.9 Å². The third-order valence-corrected chi connectivity index (χ3v) is 2.88. The van der Waals surface area contributed by atoms with Crippen LogP contribution in [0.2, 0.25) is 10.0 Å². The zero-order valence-electron chi connectivity index (χ0n) is 11.3. The molecule has 9 nitrogen and oxygen atoms in total. The summed E-state index contributed by atoms with van der Waals surface area (Å²) in [5.41, 5.74) is 11.3. The Balaban J connectivity index is 2.51. The molecule has 1 aromatic rings. The zero-order chi connectivity index (χ0) is 17.0. The van der Waals surface area contributed by atoms with E-state index in [1.165, 1.54) is 18.2 Å². The normalized spacial score (nSPS) is 21.9. The summed E-state index contributed by atoms with van der Waals surface area (Å²) in [6.07, 6.45) is 1.59. The van der Waals surface area contributed by atoms with Crippen molar-refractivity contribution < 1.29 is 19.3 Å². The molecule has 0 radical (unpaired) electrons. The van der Waals surface area contributed by atoms with E-state index in [1.54, 1.807) is 0 Å². The fraction of sp³-hybridized carbons (Fsp3) is 0. The number of hydrogen-bond acceptors (Lipinski definition) is 9. The maximum Gasteiger partial charge on any atom is 0.359 e. The SMILES string of the molecule is NC1=N\OC(=O)/C=C\C(=O)ON(c2cc(Cl)ccc2Cl)\C(N)=N\1. The summed E-state index contributed by atoms with van der Waals surface area (Å²) < 4.78 is 0. The number of hydrogen-bond donors (Lipinski definition) is 2. The Morgan fingerprint density at radius 3 is 2.52 bits per heavy atom. The summed E-state index contributed by atoms with van der Waals surface area (Å²) in [6, 6.07) is 4.38. The lowest BCUT2D eigenvalue weighted by atomic mass is 10.3. The molecule has 0 atom stereocenters. The van der Waals surface area contributed by atoms with Gasteiger partial charge in [0.2, 0.25) is 5.96 Å². The van der Waals surface area contributed by atoms with Crippen LogP contribution >= 0.6 is 23.2 Å². The van der Waals surface area contributed by atoms with Gasteiger partial charge in [0.05, 0.1) is 5.02 Å². The van der Waals surface area contributed by atoms with Gasteiger partial charge in [-0.15, -0.1) is 5.06 Å². The van der Waals surface area contributed by atoms with E-state index >= 15 is 0 Å². The number of aliphatic imine (C=N–C) groups is 1. The van der Waals surface area contributed by atoms with Crippen LogP contribution in [0.1, 0.15) is 0 Å². The number of anilines is 1. The second-order valence-electron chi connectivity index (χ2n) is 3.96. The lowest BCUT2D eigenvalue weighted by Gasteiger charge is -2.22. The first-order chi connectivity index (χ1) is 10.9. The van der Waals surface area contributed by atoms with E-state index in [4.69, 9.17) is 39.5 Å². The molecule has 1 aliphatic rings. The number of hydroxylamine groups is 1. The van der Waals surface area contributed by atoms with Gasteiger partial charge in [-0.3, -0.25) is 0 Å². The summed E-state index contributed by atoms with van der Waals surface area (Å²) in [7, 11) is 0. The molecule has 2 rings (SSSR count). The van der Waals surface area contributed by atoms with Crippen molar-refractivity contribution in [3.63, 3.8) is 0 Å². The average Bonchev–Trinajstić information content (AvgIpc) is 2.52. The molecule has 0 amide bonds. The molecule has 1 heterocycles. The highest BCUT2D eigenvalue weighted by atomic mass is 35.5. The highest BCUT2D eigenvalue weighted by Gasteiger charge is 2.20. The first-order valence-electron chi connectivity index (χ1n) is 5.90. The number of halogens is 2. The summed E-state index contributed by atoms with van der Waals surface area (Å²) >= 11 is 11.9. The van der Waals surface area contributed by atoms with Crippen molar-refractivity contribution in [1.29, 1.82) is 0 Å². The van der Waals surface area contributed by atoms with E-state index in [0.29, 0.717) is 5.02 Å². The van der Waals surface area contributed by atoms with E-state index in [1.807, 2.05) is 0 Å². The highest BCUT2D eigenvalue weighted by molar-refractivity contribution is 6.35. The van der Waals surface area contributed by atoms with Gasteiger partial charge in [-0.1, -0.05) is 23.2 Å². The van der Waals surface area contributed by atoms with E-state index in [0.717, 1.165) is 17.2 Å². The minimum absolute atomic E-state index is 0.126.